The summed E-state index contributed by atoms with van der Waals surface area (Å²) in [6, 6.07) is 5.92. The summed E-state index contributed by atoms with van der Waals surface area (Å²) in [7, 11) is 1.70. The number of nitrogens with two attached hydrogens (primary N) is 1. The third kappa shape index (κ3) is 1.43. The largest absolute Gasteiger partial charge is 0.344 e. The lowest BCUT2D eigenvalue weighted by Crippen LogP contribution is -2.15. The zero-order chi connectivity index (χ0) is 11.0. The van der Waals surface area contributed by atoms with Crippen LogP contribution >= 0.6 is 0 Å². The van der Waals surface area contributed by atoms with Gasteiger partial charge in [-0.1, -0.05) is 6.07 Å². The van der Waals surface area contributed by atoms with E-state index in [0.29, 0.717) is 16.6 Å². The Morgan fingerprint density at radius 3 is 2.87 bits per heavy atom. The van der Waals surface area contributed by atoms with Crippen LogP contribution in [0.15, 0.2) is 29.1 Å². The van der Waals surface area contributed by atoms with Gasteiger partial charge >= 0.3 is 0 Å². The van der Waals surface area contributed by atoms with Crippen molar-refractivity contribution < 1.29 is 4.39 Å². The Kier molecular flexibility index (Phi) is 2.28. The fourth-order valence-corrected chi connectivity index (χ4v) is 1.72. The van der Waals surface area contributed by atoms with E-state index in [1.165, 1.54) is 18.2 Å². The molecule has 4 heteroatoms. The number of aromatic nitrogens is 1. The van der Waals surface area contributed by atoms with Crippen LogP contribution in [0, 0.1) is 5.82 Å². The van der Waals surface area contributed by atoms with Crippen LogP contribution < -0.4 is 11.2 Å². The van der Waals surface area contributed by atoms with Crippen LogP contribution in [0.5, 0.6) is 0 Å². The van der Waals surface area contributed by atoms with Crippen LogP contribution in [-0.4, -0.2) is 4.57 Å². The molecule has 0 saturated heterocycles. The van der Waals surface area contributed by atoms with E-state index >= 15 is 0 Å². The van der Waals surface area contributed by atoms with Crippen LogP contribution in [0.3, 0.4) is 0 Å². The molecular weight excluding hydrogens is 195 g/mol. The van der Waals surface area contributed by atoms with E-state index in [9.17, 15) is 9.18 Å². The van der Waals surface area contributed by atoms with Crippen molar-refractivity contribution in [2.24, 2.45) is 12.8 Å². The second-order valence-corrected chi connectivity index (χ2v) is 3.40. The molecule has 0 fully saturated rings. The van der Waals surface area contributed by atoms with Crippen molar-refractivity contribution in [1.82, 2.24) is 4.57 Å². The average molecular weight is 206 g/mol. The van der Waals surface area contributed by atoms with Gasteiger partial charge in [0.2, 0.25) is 0 Å². The van der Waals surface area contributed by atoms with Crippen molar-refractivity contribution in [2.75, 3.05) is 0 Å². The Balaban J connectivity index is 3.01. The number of hydrogen-bond acceptors (Lipinski definition) is 2. The summed E-state index contributed by atoms with van der Waals surface area (Å²) >= 11 is 0. The molecule has 1 aromatic carbocycles. The number of pyridine rings is 1. The number of benzene rings is 1. The summed E-state index contributed by atoms with van der Waals surface area (Å²) in [6.07, 6.45) is 0. The Morgan fingerprint density at radius 2 is 2.20 bits per heavy atom. The van der Waals surface area contributed by atoms with Gasteiger partial charge in [-0.15, -0.1) is 0 Å². The molecule has 0 atom stereocenters. The molecule has 0 bridgehead atoms. The lowest BCUT2D eigenvalue weighted by molar-refractivity contribution is 0.628. The highest BCUT2D eigenvalue weighted by atomic mass is 19.1. The smallest absolute Gasteiger partial charge is 0.189 e. The summed E-state index contributed by atoms with van der Waals surface area (Å²) in [5.41, 5.74) is 6.22. The molecule has 0 amide bonds. The summed E-state index contributed by atoms with van der Waals surface area (Å²) < 4.78 is 15.2. The molecule has 1 heterocycles. The van der Waals surface area contributed by atoms with Crippen molar-refractivity contribution in [2.45, 2.75) is 6.54 Å². The monoisotopic (exact) mass is 206 g/mol. The SMILES string of the molecule is Cn1c(CN)cc(=O)c2cccc(F)c21. The zero-order valence-corrected chi connectivity index (χ0v) is 8.33. The lowest BCUT2D eigenvalue weighted by atomic mass is 10.1. The standard InChI is InChI=1S/C11H11FN2O/c1-14-7(6-13)5-10(15)8-3-2-4-9(12)11(8)14/h2-5H,6,13H2,1H3. The van der Waals surface area contributed by atoms with Crippen molar-refractivity contribution in [3.05, 3.63) is 46.0 Å². The summed E-state index contributed by atoms with van der Waals surface area (Å²) in [5.74, 6) is -0.401. The van der Waals surface area contributed by atoms with Crippen LogP contribution in [-0.2, 0) is 13.6 Å². The zero-order valence-electron chi connectivity index (χ0n) is 8.33. The molecule has 0 unspecified atom stereocenters. The molecule has 0 spiro atoms. The number of aryl methyl sites for hydroxylation is 1. The highest BCUT2D eigenvalue weighted by molar-refractivity contribution is 5.79. The van der Waals surface area contributed by atoms with Gasteiger partial charge < -0.3 is 10.3 Å². The summed E-state index contributed by atoms with van der Waals surface area (Å²) in [6.45, 7) is 0.218. The van der Waals surface area contributed by atoms with Crippen molar-refractivity contribution in [1.29, 1.82) is 0 Å². The average Bonchev–Trinajstić information content (AvgIpc) is 2.23. The molecule has 2 aromatic rings. The minimum atomic E-state index is -0.401. The molecule has 1 aromatic heterocycles. The van der Waals surface area contributed by atoms with E-state index in [4.69, 9.17) is 5.73 Å². The summed E-state index contributed by atoms with van der Waals surface area (Å²) in [4.78, 5) is 11.6. The maximum Gasteiger partial charge on any atom is 0.189 e. The first-order chi connectivity index (χ1) is 7.15. The normalized spacial score (nSPS) is 10.9. The second-order valence-electron chi connectivity index (χ2n) is 3.40. The second kappa shape index (κ2) is 3.47. The maximum atomic E-state index is 13.5. The van der Waals surface area contributed by atoms with Gasteiger partial charge in [0.1, 0.15) is 5.82 Å². The van der Waals surface area contributed by atoms with Crippen LogP contribution in [0.1, 0.15) is 5.69 Å². The number of para-hydroxylation sites is 1. The van der Waals surface area contributed by atoms with E-state index in [1.54, 1.807) is 17.7 Å². The molecule has 0 aliphatic heterocycles. The third-order valence-electron chi connectivity index (χ3n) is 2.53. The van der Waals surface area contributed by atoms with Crippen molar-refractivity contribution >= 4 is 10.9 Å². The molecule has 0 radical (unpaired) electrons. The molecule has 2 N–H and O–H groups in total. The van der Waals surface area contributed by atoms with Gasteiger partial charge in [-0.25, -0.2) is 4.39 Å². The highest BCUT2D eigenvalue weighted by Crippen LogP contribution is 2.15. The molecule has 15 heavy (non-hydrogen) atoms. The van der Waals surface area contributed by atoms with Gasteiger partial charge in [-0.3, -0.25) is 4.79 Å². The fourth-order valence-electron chi connectivity index (χ4n) is 1.72. The predicted octanol–water partition coefficient (Wildman–Crippen LogP) is 1.14. The Hall–Kier alpha value is -1.68. The highest BCUT2D eigenvalue weighted by Gasteiger charge is 2.08. The van der Waals surface area contributed by atoms with Gasteiger partial charge in [0.05, 0.1) is 5.52 Å². The first-order valence-electron chi connectivity index (χ1n) is 4.62. The van der Waals surface area contributed by atoms with Crippen LogP contribution in [0.2, 0.25) is 0 Å². The quantitative estimate of drug-likeness (QED) is 0.760. The molecule has 0 saturated carbocycles. The van der Waals surface area contributed by atoms with Crippen LogP contribution in [0.25, 0.3) is 10.9 Å². The minimum Gasteiger partial charge on any atom is -0.344 e. The number of hydrogen-bond donors (Lipinski definition) is 1. The van der Waals surface area contributed by atoms with E-state index in [2.05, 4.69) is 0 Å². The van der Waals surface area contributed by atoms with Gasteiger partial charge in [0.25, 0.3) is 0 Å². The first kappa shape index (κ1) is 9.86. The van der Waals surface area contributed by atoms with E-state index in [0.717, 1.165) is 0 Å². The van der Waals surface area contributed by atoms with Crippen molar-refractivity contribution in [3.8, 4) is 0 Å². The Morgan fingerprint density at radius 1 is 1.47 bits per heavy atom. The molecule has 2 rings (SSSR count). The first-order valence-corrected chi connectivity index (χ1v) is 4.62. The lowest BCUT2D eigenvalue weighted by Gasteiger charge is -2.10. The molecule has 0 aliphatic rings. The maximum absolute atomic E-state index is 13.5. The van der Waals surface area contributed by atoms with Crippen molar-refractivity contribution in [3.63, 3.8) is 0 Å². The molecule has 78 valence electrons. The minimum absolute atomic E-state index is 0.192. The summed E-state index contributed by atoms with van der Waals surface area (Å²) in [5, 5.41) is 0.384. The third-order valence-corrected chi connectivity index (χ3v) is 2.53. The van der Waals surface area contributed by atoms with Gasteiger partial charge in [-0.05, 0) is 12.1 Å². The van der Waals surface area contributed by atoms with Gasteiger partial charge in [0, 0.05) is 30.7 Å². The number of fused-ring (bicyclic) bond motifs is 1. The Bertz CT molecular complexity index is 575. The van der Waals surface area contributed by atoms with E-state index in [-0.39, 0.29) is 12.0 Å². The van der Waals surface area contributed by atoms with Crippen LogP contribution in [0.4, 0.5) is 4.39 Å². The molecular formula is C11H11FN2O. The van der Waals surface area contributed by atoms with Gasteiger partial charge in [0.15, 0.2) is 5.43 Å². The fraction of sp³-hybridized carbons (Fsp3) is 0.182. The van der Waals surface area contributed by atoms with Gasteiger partial charge in [-0.2, -0.15) is 0 Å². The molecule has 3 nitrogen and oxygen atoms in total. The number of nitrogens with zero attached hydrogens (tertiary/aromatic N) is 1. The molecule has 0 aliphatic carbocycles. The number of halogens is 1. The van der Waals surface area contributed by atoms with E-state index < -0.39 is 5.82 Å². The predicted molar refractivity (Wildman–Crippen MR) is 57.0 cm³/mol. The topological polar surface area (TPSA) is 48.0 Å². The van der Waals surface area contributed by atoms with E-state index in [1.807, 2.05) is 0 Å². The Labute approximate surface area is 85.9 Å². The number of rotatable bonds is 1.